The molecule has 1 aliphatic heterocycles. The van der Waals surface area contributed by atoms with Crippen molar-refractivity contribution in [1.29, 1.82) is 0 Å². The van der Waals surface area contributed by atoms with Gasteiger partial charge in [0.1, 0.15) is 11.1 Å². The SMILES string of the molecule is CC1CN(C(=O)Cc2csc(-c3cccc(C(F)(F)F)c3)n2)CC(c2ccccc2)O1. The van der Waals surface area contributed by atoms with Crippen molar-refractivity contribution in [1.82, 2.24) is 9.88 Å². The van der Waals surface area contributed by atoms with E-state index in [4.69, 9.17) is 4.74 Å². The fourth-order valence-corrected chi connectivity index (χ4v) is 4.44. The standard InChI is InChI=1S/C23H21F3N2O2S/c1-15-12-28(13-20(30-15)16-6-3-2-4-7-16)21(29)11-19-14-31-22(27-19)17-8-5-9-18(10-17)23(24,25)26/h2-10,14-15,20H,11-13H2,1H3. The molecule has 0 radical (unpaired) electrons. The average molecular weight is 446 g/mol. The summed E-state index contributed by atoms with van der Waals surface area (Å²) in [5.74, 6) is -0.0722. The lowest BCUT2D eigenvalue weighted by Gasteiger charge is -2.37. The fraction of sp³-hybridized carbons (Fsp3) is 0.304. The van der Waals surface area contributed by atoms with Crippen LogP contribution in [0.25, 0.3) is 10.6 Å². The number of nitrogens with zero attached hydrogens (tertiary/aromatic N) is 2. The van der Waals surface area contributed by atoms with E-state index < -0.39 is 11.7 Å². The second-order valence-corrected chi connectivity index (χ2v) is 8.40. The number of thiazole rings is 1. The largest absolute Gasteiger partial charge is 0.416 e. The third-order valence-corrected chi connectivity index (χ3v) is 6.05. The van der Waals surface area contributed by atoms with Crippen LogP contribution in [0.2, 0.25) is 0 Å². The van der Waals surface area contributed by atoms with E-state index in [-0.39, 0.29) is 24.5 Å². The molecule has 1 saturated heterocycles. The minimum Gasteiger partial charge on any atom is -0.367 e. The van der Waals surface area contributed by atoms with Crippen LogP contribution < -0.4 is 0 Å². The van der Waals surface area contributed by atoms with Crippen LogP contribution >= 0.6 is 11.3 Å². The van der Waals surface area contributed by atoms with Crippen molar-refractivity contribution < 1.29 is 22.7 Å². The summed E-state index contributed by atoms with van der Waals surface area (Å²) in [6.45, 7) is 2.88. The summed E-state index contributed by atoms with van der Waals surface area (Å²) < 4.78 is 44.9. The highest BCUT2D eigenvalue weighted by Crippen LogP contribution is 2.33. The van der Waals surface area contributed by atoms with Crippen LogP contribution in [0.4, 0.5) is 13.2 Å². The minimum absolute atomic E-state index is 0.0722. The van der Waals surface area contributed by atoms with Crippen LogP contribution in [0.3, 0.4) is 0 Å². The molecule has 162 valence electrons. The van der Waals surface area contributed by atoms with Gasteiger partial charge in [0.25, 0.3) is 0 Å². The van der Waals surface area contributed by atoms with E-state index in [9.17, 15) is 18.0 Å². The van der Waals surface area contributed by atoms with E-state index >= 15 is 0 Å². The van der Waals surface area contributed by atoms with E-state index in [2.05, 4.69) is 4.98 Å². The quantitative estimate of drug-likeness (QED) is 0.542. The maximum Gasteiger partial charge on any atom is 0.416 e. The average Bonchev–Trinajstić information content (AvgIpc) is 3.22. The van der Waals surface area contributed by atoms with Crippen LogP contribution in [0.1, 0.15) is 29.8 Å². The first-order valence-electron chi connectivity index (χ1n) is 9.90. The number of alkyl halides is 3. The first-order valence-corrected chi connectivity index (χ1v) is 10.8. The molecule has 0 saturated carbocycles. The molecule has 0 bridgehead atoms. The number of amides is 1. The number of benzene rings is 2. The first kappa shape index (κ1) is 21.5. The minimum atomic E-state index is -4.41. The number of aromatic nitrogens is 1. The molecule has 0 aliphatic carbocycles. The summed E-state index contributed by atoms with van der Waals surface area (Å²) in [4.78, 5) is 19.1. The molecule has 4 rings (SSSR count). The number of carbonyl (C=O) groups excluding carboxylic acids is 1. The molecular weight excluding hydrogens is 425 g/mol. The lowest BCUT2D eigenvalue weighted by molar-refractivity contribution is -0.144. The van der Waals surface area contributed by atoms with Gasteiger partial charge in [-0.05, 0) is 24.6 Å². The molecular formula is C23H21F3N2O2S. The lowest BCUT2D eigenvalue weighted by Crippen LogP contribution is -2.46. The molecule has 1 aliphatic rings. The Morgan fingerprint density at radius 1 is 1.16 bits per heavy atom. The highest BCUT2D eigenvalue weighted by Gasteiger charge is 2.31. The zero-order valence-electron chi connectivity index (χ0n) is 16.8. The molecule has 8 heteroatoms. The van der Waals surface area contributed by atoms with Crippen LogP contribution in [-0.2, 0) is 22.1 Å². The van der Waals surface area contributed by atoms with Crippen molar-refractivity contribution in [2.24, 2.45) is 0 Å². The molecule has 1 amide bonds. The zero-order valence-corrected chi connectivity index (χ0v) is 17.6. The topological polar surface area (TPSA) is 42.4 Å². The Labute approximate surface area is 182 Å². The van der Waals surface area contributed by atoms with Gasteiger partial charge in [-0.2, -0.15) is 13.2 Å². The van der Waals surface area contributed by atoms with Gasteiger partial charge in [0.2, 0.25) is 5.91 Å². The maximum absolute atomic E-state index is 13.0. The summed E-state index contributed by atoms with van der Waals surface area (Å²) >= 11 is 1.23. The summed E-state index contributed by atoms with van der Waals surface area (Å²) in [6.07, 6.45) is -4.60. The van der Waals surface area contributed by atoms with Gasteiger partial charge < -0.3 is 9.64 Å². The molecule has 4 nitrogen and oxygen atoms in total. The Balaban J connectivity index is 1.45. The van der Waals surface area contributed by atoms with Crippen molar-refractivity contribution in [2.75, 3.05) is 13.1 Å². The molecule has 2 aromatic carbocycles. The summed E-state index contributed by atoms with van der Waals surface area (Å²) in [5.41, 5.74) is 1.25. The number of hydrogen-bond donors (Lipinski definition) is 0. The molecule has 0 spiro atoms. The second kappa shape index (κ2) is 8.80. The predicted octanol–water partition coefficient (Wildman–Crippen LogP) is 5.36. The van der Waals surface area contributed by atoms with Crippen molar-refractivity contribution in [3.8, 4) is 10.6 Å². The number of halogens is 3. The predicted molar refractivity (Wildman–Crippen MR) is 113 cm³/mol. The lowest BCUT2D eigenvalue weighted by atomic mass is 10.1. The van der Waals surface area contributed by atoms with E-state index in [1.54, 1.807) is 16.3 Å². The van der Waals surface area contributed by atoms with Crippen LogP contribution in [0.5, 0.6) is 0 Å². The Hall–Kier alpha value is -2.71. The molecule has 2 heterocycles. The normalized spacial score (nSPS) is 19.4. The fourth-order valence-electron chi connectivity index (χ4n) is 3.62. The summed E-state index contributed by atoms with van der Waals surface area (Å²) in [5, 5.41) is 2.19. The smallest absolute Gasteiger partial charge is 0.367 e. The Bertz CT molecular complexity index is 1050. The summed E-state index contributed by atoms with van der Waals surface area (Å²) in [6, 6.07) is 14.8. The van der Waals surface area contributed by atoms with E-state index in [0.717, 1.165) is 17.7 Å². The van der Waals surface area contributed by atoms with Crippen molar-refractivity contribution in [3.63, 3.8) is 0 Å². The van der Waals surface area contributed by atoms with E-state index in [0.29, 0.717) is 29.4 Å². The highest BCUT2D eigenvalue weighted by molar-refractivity contribution is 7.13. The second-order valence-electron chi connectivity index (χ2n) is 7.54. The van der Waals surface area contributed by atoms with Gasteiger partial charge in [-0.3, -0.25) is 4.79 Å². The van der Waals surface area contributed by atoms with Crippen LogP contribution in [0, 0.1) is 0 Å². The number of ether oxygens (including phenoxy) is 1. The number of morpholine rings is 1. The molecule has 1 fully saturated rings. The molecule has 3 aromatic rings. The third-order valence-electron chi connectivity index (χ3n) is 5.11. The molecule has 31 heavy (non-hydrogen) atoms. The number of hydrogen-bond acceptors (Lipinski definition) is 4. The zero-order chi connectivity index (χ0) is 22.0. The number of rotatable bonds is 4. The van der Waals surface area contributed by atoms with Crippen molar-refractivity contribution in [3.05, 3.63) is 76.8 Å². The van der Waals surface area contributed by atoms with Crippen molar-refractivity contribution >= 4 is 17.2 Å². The van der Waals surface area contributed by atoms with Gasteiger partial charge in [0.05, 0.1) is 30.3 Å². The molecule has 2 unspecified atom stereocenters. The van der Waals surface area contributed by atoms with E-state index in [1.807, 2.05) is 37.3 Å². The van der Waals surface area contributed by atoms with Gasteiger partial charge in [0, 0.05) is 17.5 Å². The van der Waals surface area contributed by atoms with E-state index in [1.165, 1.54) is 17.4 Å². The number of carbonyl (C=O) groups is 1. The maximum atomic E-state index is 13.0. The Kier molecular flexibility index (Phi) is 6.11. The Morgan fingerprint density at radius 3 is 2.68 bits per heavy atom. The van der Waals surface area contributed by atoms with Crippen LogP contribution in [0.15, 0.2) is 60.0 Å². The summed E-state index contributed by atoms with van der Waals surface area (Å²) in [7, 11) is 0. The highest BCUT2D eigenvalue weighted by atomic mass is 32.1. The third kappa shape index (κ3) is 5.14. The van der Waals surface area contributed by atoms with Gasteiger partial charge in [-0.25, -0.2) is 4.98 Å². The monoisotopic (exact) mass is 446 g/mol. The van der Waals surface area contributed by atoms with Gasteiger partial charge >= 0.3 is 6.18 Å². The van der Waals surface area contributed by atoms with Gasteiger partial charge in [-0.15, -0.1) is 11.3 Å². The van der Waals surface area contributed by atoms with Crippen LogP contribution in [-0.4, -0.2) is 35.0 Å². The van der Waals surface area contributed by atoms with Gasteiger partial charge in [0.15, 0.2) is 0 Å². The molecule has 0 N–H and O–H groups in total. The van der Waals surface area contributed by atoms with Gasteiger partial charge in [-0.1, -0.05) is 42.5 Å². The Morgan fingerprint density at radius 2 is 1.94 bits per heavy atom. The van der Waals surface area contributed by atoms with Crippen molar-refractivity contribution in [2.45, 2.75) is 31.7 Å². The molecule has 2 atom stereocenters. The first-order chi connectivity index (χ1) is 14.8. The molecule has 1 aromatic heterocycles.